The average molecular weight is 328 g/mol. The molecule has 0 bridgehead atoms. The van der Waals surface area contributed by atoms with Crippen molar-refractivity contribution in [2.24, 2.45) is 0 Å². The highest BCUT2D eigenvalue weighted by Gasteiger charge is 2.31. The Kier molecular flexibility index (Phi) is 4.25. The molecule has 0 aliphatic heterocycles. The second-order valence-electron chi connectivity index (χ2n) is 5.98. The zero-order valence-corrected chi connectivity index (χ0v) is 13.4. The monoisotopic (exact) mass is 327 g/mol. The fraction of sp³-hybridized carbons (Fsp3) is 0.357. The molecule has 118 valence electrons. The minimum atomic E-state index is -1.96. The lowest BCUT2D eigenvalue weighted by Gasteiger charge is -2.21. The molecule has 0 fully saturated rings. The lowest BCUT2D eigenvalue weighted by atomic mass is 9.83. The largest absolute Gasteiger partial charge is 0.506 e. The molecular weight excluding hydrogens is 311 g/mol. The summed E-state index contributed by atoms with van der Waals surface area (Å²) in [7, 11) is -1.96. The van der Waals surface area contributed by atoms with Gasteiger partial charge in [0.15, 0.2) is 0 Å². The Morgan fingerprint density at radius 1 is 1.36 bits per heavy atom. The number of benzene rings is 1. The summed E-state index contributed by atoms with van der Waals surface area (Å²) in [5.74, 6) is -0.747. The summed E-state index contributed by atoms with van der Waals surface area (Å²) in [4.78, 5) is 12.4. The minimum absolute atomic E-state index is 0.0979. The Morgan fingerprint density at radius 2 is 1.95 bits per heavy atom. The molecule has 5 nitrogen and oxygen atoms in total. The number of carbonyl (C=O) groups is 1. The highest BCUT2D eigenvalue weighted by Crippen LogP contribution is 2.27. The third-order valence-corrected chi connectivity index (χ3v) is 3.32. The maximum atomic E-state index is 14.3. The molecule has 1 heterocycles. The molecule has 22 heavy (non-hydrogen) atoms. The van der Waals surface area contributed by atoms with Crippen LogP contribution < -0.4 is 5.59 Å². The van der Waals surface area contributed by atoms with Crippen LogP contribution in [0.5, 0.6) is 0 Å². The van der Waals surface area contributed by atoms with Crippen LogP contribution in [-0.2, 0) is 4.74 Å². The van der Waals surface area contributed by atoms with Gasteiger partial charge in [-0.1, -0.05) is 11.6 Å². The van der Waals surface area contributed by atoms with Gasteiger partial charge in [0.2, 0.25) is 0 Å². The molecule has 0 saturated carbocycles. The highest BCUT2D eigenvalue weighted by atomic mass is 35.5. The molecule has 0 spiro atoms. The molecule has 0 saturated heterocycles. The smallest absolute Gasteiger partial charge is 0.443 e. The number of nitrogens with zero attached hydrogens (tertiary/aromatic N) is 1. The number of fused-ring (bicyclic) bond motifs is 1. The lowest BCUT2D eigenvalue weighted by Crippen LogP contribution is -2.42. The average Bonchev–Trinajstić information content (AvgIpc) is 2.61. The lowest BCUT2D eigenvalue weighted by molar-refractivity contribution is 0.0546. The van der Waals surface area contributed by atoms with E-state index in [0.717, 1.165) is 10.6 Å². The topological polar surface area (TPSA) is 71.7 Å². The van der Waals surface area contributed by atoms with E-state index in [1.165, 1.54) is 6.07 Å². The molecule has 0 unspecified atom stereocenters. The molecular formula is C14H16BClFNO4. The molecule has 0 atom stereocenters. The number of aryl methyl sites for hydroxylation is 1. The normalized spacial score (nSPS) is 11.8. The Balaban J connectivity index is 2.81. The number of rotatable bonds is 1. The maximum absolute atomic E-state index is 14.3. The van der Waals surface area contributed by atoms with Crippen molar-refractivity contribution >= 4 is 41.3 Å². The van der Waals surface area contributed by atoms with Crippen molar-refractivity contribution in [1.82, 2.24) is 4.57 Å². The van der Waals surface area contributed by atoms with Crippen LogP contribution in [0.3, 0.4) is 0 Å². The standard InChI is InChI=1S/C14H16BClFNO4/c1-7-9-5-8(16)6-10(17)11(9)18(12(7)15(20)21)13(19)22-14(2,3)4/h5-6,20-21H,1-4H3. The zero-order chi connectivity index (χ0) is 16.8. The van der Waals surface area contributed by atoms with Crippen molar-refractivity contribution in [1.29, 1.82) is 0 Å². The fourth-order valence-corrected chi connectivity index (χ4v) is 2.52. The first-order valence-electron chi connectivity index (χ1n) is 6.62. The number of aromatic nitrogens is 1. The molecule has 1 aromatic heterocycles. The quantitative estimate of drug-likeness (QED) is 0.788. The third kappa shape index (κ3) is 2.97. The SMILES string of the molecule is Cc1c(B(O)O)n(C(=O)OC(C)(C)C)c2c(F)cc(Cl)cc12. The Hall–Kier alpha value is -1.57. The van der Waals surface area contributed by atoms with Gasteiger partial charge in [0.25, 0.3) is 0 Å². The highest BCUT2D eigenvalue weighted by molar-refractivity contribution is 6.59. The third-order valence-electron chi connectivity index (χ3n) is 3.10. The molecule has 0 aliphatic rings. The summed E-state index contributed by atoms with van der Waals surface area (Å²) in [5, 5.41) is 19.6. The van der Waals surface area contributed by atoms with E-state index in [-0.39, 0.29) is 16.1 Å². The van der Waals surface area contributed by atoms with Crippen molar-refractivity contribution < 1.29 is 24.0 Å². The maximum Gasteiger partial charge on any atom is 0.506 e. The van der Waals surface area contributed by atoms with Gasteiger partial charge in [0, 0.05) is 10.4 Å². The van der Waals surface area contributed by atoms with E-state index >= 15 is 0 Å². The molecule has 0 amide bonds. The van der Waals surface area contributed by atoms with Gasteiger partial charge in [-0.3, -0.25) is 0 Å². The molecule has 2 N–H and O–H groups in total. The second-order valence-corrected chi connectivity index (χ2v) is 6.42. The second kappa shape index (κ2) is 5.57. The first kappa shape index (κ1) is 16.8. The molecule has 0 radical (unpaired) electrons. The number of carbonyl (C=O) groups excluding carboxylic acids is 1. The predicted molar refractivity (Wildman–Crippen MR) is 83.1 cm³/mol. The van der Waals surface area contributed by atoms with E-state index in [1.807, 2.05) is 0 Å². The Labute approximate surface area is 132 Å². The van der Waals surface area contributed by atoms with Crippen LogP contribution in [0, 0.1) is 12.7 Å². The van der Waals surface area contributed by atoms with Gasteiger partial charge < -0.3 is 14.8 Å². The fourth-order valence-electron chi connectivity index (χ4n) is 2.31. The van der Waals surface area contributed by atoms with Gasteiger partial charge in [-0.15, -0.1) is 0 Å². The van der Waals surface area contributed by atoms with Crippen LogP contribution in [0.2, 0.25) is 5.02 Å². The summed E-state index contributed by atoms with van der Waals surface area (Å²) in [6.45, 7) is 6.52. The minimum Gasteiger partial charge on any atom is -0.443 e. The number of hydrogen-bond acceptors (Lipinski definition) is 4. The van der Waals surface area contributed by atoms with E-state index in [4.69, 9.17) is 16.3 Å². The Morgan fingerprint density at radius 3 is 2.45 bits per heavy atom. The number of ether oxygens (including phenoxy) is 1. The molecule has 2 aromatic rings. The van der Waals surface area contributed by atoms with Crippen LogP contribution >= 0.6 is 11.6 Å². The summed E-state index contributed by atoms with van der Waals surface area (Å²) >= 11 is 5.83. The van der Waals surface area contributed by atoms with Crippen LogP contribution in [0.1, 0.15) is 26.3 Å². The zero-order valence-electron chi connectivity index (χ0n) is 12.6. The summed E-state index contributed by atoms with van der Waals surface area (Å²) in [6, 6.07) is 2.51. The van der Waals surface area contributed by atoms with Crippen molar-refractivity contribution in [3.63, 3.8) is 0 Å². The van der Waals surface area contributed by atoms with E-state index in [0.29, 0.717) is 10.9 Å². The van der Waals surface area contributed by atoms with E-state index in [1.54, 1.807) is 27.7 Å². The summed E-state index contributed by atoms with van der Waals surface area (Å²) in [5.41, 5.74) is -0.718. The van der Waals surface area contributed by atoms with Gasteiger partial charge in [-0.2, -0.15) is 0 Å². The molecule has 2 rings (SSSR count). The first-order chi connectivity index (χ1) is 10.0. The summed E-state index contributed by atoms with van der Waals surface area (Å²) in [6.07, 6.45) is -0.894. The van der Waals surface area contributed by atoms with Crippen LogP contribution in [0.15, 0.2) is 12.1 Å². The van der Waals surface area contributed by atoms with Gasteiger partial charge in [0.1, 0.15) is 11.4 Å². The molecule has 1 aromatic carbocycles. The van der Waals surface area contributed by atoms with Gasteiger partial charge in [-0.25, -0.2) is 13.8 Å². The van der Waals surface area contributed by atoms with Crippen LogP contribution in [-0.4, -0.2) is 33.4 Å². The Bertz CT molecular complexity index is 752. The van der Waals surface area contributed by atoms with Crippen LogP contribution in [0.4, 0.5) is 9.18 Å². The number of hydrogen-bond donors (Lipinski definition) is 2. The van der Waals surface area contributed by atoms with Crippen LogP contribution in [0.25, 0.3) is 10.9 Å². The predicted octanol–water partition coefficient (Wildman–Crippen LogP) is 2.21. The van der Waals surface area contributed by atoms with E-state index in [2.05, 4.69) is 0 Å². The van der Waals surface area contributed by atoms with Crippen molar-refractivity contribution in [2.75, 3.05) is 0 Å². The number of halogens is 2. The van der Waals surface area contributed by atoms with Gasteiger partial charge >= 0.3 is 13.2 Å². The van der Waals surface area contributed by atoms with E-state index in [9.17, 15) is 19.2 Å². The first-order valence-corrected chi connectivity index (χ1v) is 7.00. The van der Waals surface area contributed by atoms with Gasteiger partial charge in [0.05, 0.1) is 11.1 Å². The van der Waals surface area contributed by atoms with Crippen molar-refractivity contribution in [2.45, 2.75) is 33.3 Å². The van der Waals surface area contributed by atoms with Gasteiger partial charge in [-0.05, 0) is 45.4 Å². The molecule has 0 aliphatic carbocycles. The van der Waals surface area contributed by atoms with E-state index < -0.39 is 24.6 Å². The van der Waals surface area contributed by atoms with Crippen molar-refractivity contribution in [3.05, 3.63) is 28.5 Å². The van der Waals surface area contributed by atoms with Crippen molar-refractivity contribution in [3.8, 4) is 0 Å². The molecule has 8 heteroatoms. The summed E-state index contributed by atoms with van der Waals surface area (Å²) < 4.78 is 20.3.